The van der Waals surface area contributed by atoms with Crippen molar-refractivity contribution in [3.63, 3.8) is 0 Å². The Labute approximate surface area is 117 Å². The van der Waals surface area contributed by atoms with Crippen LogP contribution in [0.4, 0.5) is 5.69 Å². The third kappa shape index (κ3) is 3.87. The van der Waals surface area contributed by atoms with Crippen LogP contribution in [0.1, 0.15) is 5.56 Å². The lowest BCUT2D eigenvalue weighted by atomic mass is 10.2. The maximum Gasteiger partial charge on any atom is 0.288 e. The highest BCUT2D eigenvalue weighted by Crippen LogP contribution is 2.24. The first-order chi connectivity index (χ1) is 9.06. The van der Waals surface area contributed by atoms with Crippen LogP contribution in [0.2, 0.25) is 5.02 Å². The lowest BCUT2D eigenvalue weighted by molar-refractivity contribution is -0.384. The van der Waals surface area contributed by atoms with Crippen molar-refractivity contribution in [2.75, 3.05) is 33.2 Å². The summed E-state index contributed by atoms with van der Waals surface area (Å²) in [6, 6.07) is 4.89. The minimum Gasteiger partial charge on any atom is -0.304 e. The molecule has 1 fully saturated rings. The fraction of sp³-hybridized carbons (Fsp3) is 0.500. The number of hydrogen-bond acceptors (Lipinski definition) is 5. The second-order valence-electron chi connectivity index (χ2n) is 4.67. The van der Waals surface area contributed by atoms with Gasteiger partial charge >= 0.3 is 0 Å². The molecule has 0 bridgehead atoms. The first-order valence-corrected chi connectivity index (χ1v) is 6.54. The van der Waals surface area contributed by atoms with Crippen LogP contribution in [0, 0.1) is 10.1 Å². The molecule has 0 spiro atoms. The Morgan fingerprint density at radius 2 is 2.05 bits per heavy atom. The van der Waals surface area contributed by atoms with Gasteiger partial charge in [0.05, 0.1) is 4.92 Å². The highest BCUT2D eigenvalue weighted by atomic mass is 35.5. The van der Waals surface area contributed by atoms with E-state index in [1.807, 2.05) is 0 Å². The van der Waals surface area contributed by atoms with Crippen molar-refractivity contribution in [2.45, 2.75) is 6.54 Å². The lowest BCUT2D eigenvalue weighted by Gasteiger charge is -2.32. The van der Waals surface area contributed by atoms with Crippen LogP contribution >= 0.6 is 11.6 Å². The summed E-state index contributed by atoms with van der Waals surface area (Å²) in [6.07, 6.45) is 0. The van der Waals surface area contributed by atoms with Crippen molar-refractivity contribution in [1.82, 2.24) is 15.3 Å². The lowest BCUT2D eigenvalue weighted by Crippen LogP contribution is -2.50. The summed E-state index contributed by atoms with van der Waals surface area (Å²) in [4.78, 5) is 12.6. The number of nitrogens with zero attached hydrogens (tertiary/aromatic N) is 3. The van der Waals surface area contributed by atoms with Crippen LogP contribution in [0.3, 0.4) is 0 Å². The Morgan fingerprint density at radius 1 is 1.37 bits per heavy atom. The smallest absolute Gasteiger partial charge is 0.288 e. The van der Waals surface area contributed by atoms with E-state index in [1.165, 1.54) is 6.07 Å². The number of rotatable bonds is 4. The van der Waals surface area contributed by atoms with Crippen molar-refractivity contribution in [3.8, 4) is 0 Å². The van der Waals surface area contributed by atoms with Crippen LogP contribution in [0.25, 0.3) is 0 Å². The van der Waals surface area contributed by atoms with E-state index < -0.39 is 4.92 Å². The van der Waals surface area contributed by atoms with Gasteiger partial charge in [0.25, 0.3) is 5.69 Å². The number of likely N-dealkylation sites (N-methyl/N-ethyl adjacent to an activating group) is 1. The number of halogens is 1. The molecule has 104 valence electrons. The fourth-order valence-corrected chi connectivity index (χ4v) is 2.16. The van der Waals surface area contributed by atoms with Gasteiger partial charge in [-0.15, -0.1) is 0 Å². The number of piperazine rings is 1. The third-order valence-corrected chi connectivity index (χ3v) is 3.54. The summed E-state index contributed by atoms with van der Waals surface area (Å²) >= 11 is 5.78. The van der Waals surface area contributed by atoms with Crippen LogP contribution in [0.15, 0.2) is 18.2 Å². The summed E-state index contributed by atoms with van der Waals surface area (Å²) in [5, 5.41) is 13.1. The second kappa shape index (κ2) is 6.29. The Hall–Kier alpha value is -1.21. The molecule has 0 aromatic heterocycles. The summed E-state index contributed by atoms with van der Waals surface area (Å²) in [7, 11) is 2.10. The predicted molar refractivity (Wildman–Crippen MR) is 74.0 cm³/mol. The monoisotopic (exact) mass is 284 g/mol. The van der Waals surface area contributed by atoms with Gasteiger partial charge in [-0.05, 0) is 18.7 Å². The van der Waals surface area contributed by atoms with Gasteiger partial charge in [-0.2, -0.15) is 0 Å². The Balaban J connectivity index is 1.92. The summed E-state index contributed by atoms with van der Waals surface area (Å²) < 4.78 is 0. The molecule has 19 heavy (non-hydrogen) atoms. The standard InChI is InChI=1S/C12H17ClN4O2/c1-15-4-6-16(7-5-15)14-9-10-2-3-11(13)12(8-10)17(18)19/h2-3,8,14H,4-7,9H2,1H3. The maximum absolute atomic E-state index is 10.8. The largest absolute Gasteiger partial charge is 0.304 e. The van der Waals surface area contributed by atoms with E-state index in [9.17, 15) is 10.1 Å². The Bertz CT molecular complexity index is 461. The van der Waals surface area contributed by atoms with E-state index >= 15 is 0 Å². The quantitative estimate of drug-likeness (QED) is 0.671. The molecule has 0 atom stereocenters. The molecule has 0 amide bonds. The highest BCUT2D eigenvalue weighted by molar-refractivity contribution is 6.32. The van der Waals surface area contributed by atoms with Crippen molar-refractivity contribution in [3.05, 3.63) is 38.9 Å². The summed E-state index contributed by atoms with van der Waals surface area (Å²) in [5.41, 5.74) is 4.10. The van der Waals surface area contributed by atoms with Gasteiger partial charge in [0.1, 0.15) is 5.02 Å². The molecular formula is C12H17ClN4O2. The molecule has 1 aromatic rings. The predicted octanol–water partition coefficient (Wildman–Crippen LogP) is 1.50. The van der Waals surface area contributed by atoms with E-state index in [4.69, 9.17) is 11.6 Å². The van der Waals surface area contributed by atoms with Crippen molar-refractivity contribution in [2.24, 2.45) is 0 Å². The van der Waals surface area contributed by atoms with Crippen molar-refractivity contribution < 1.29 is 4.92 Å². The van der Waals surface area contributed by atoms with E-state index in [0.29, 0.717) is 6.54 Å². The molecule has 6 nitrogen and oxygen atoms in total. The number of benzene rings is 1. The number of hydrogen-bond donors (Lipinski definition) is 1. The van der Waals surface area contributed by atoms with Gasteiger partial charge in [0.2, 0.25) is 0 Å². The molecule has 1 aliphatic heterocycles. The molecule has 1 aromatic carbocycles. The van der Waals surface area contributed by atoms with Crippen LogP contribution in [0.5, 0.6) is 0 Å². The van der Waals surface area contributed by atoms with Gasteiger partial charge < -0.3 is 4.90 Å². The minimum absolute atomic E-state index is 0.0423. The zero-order valence-corrected chi connectivity index (χ0v) is 11.6. The van der Waals surface area contributed by atoms with Gasteiger partial charge in [0.15, 0.2) is 0 Å². The highest BCUT2D eigenvalue weighted by Gasteiger charge is 2.15. The van der Waals surface area contributed by atoms with Crippen molar-refractivity contribution in [1.29, 1.82) is 0 Å². The average molecular weight is 285 g/mol. The minimum atomic E-state index is -0.457. The fourth-order valence-electron chi connectivity index (χ4n) is 1.98. The number of nitrogens with one attached hydrogen (secondary N) is 1. The van der Waals surface area contributed by atoms with Gasteiger partial charge in [-0.3, -0.25) is 15.5 Å². The first-order valence-electron chi connectivity index (χ1n) is 6.16. The Kier molecular flexibility index (Phi) is 4.71. The Morgan fingerprint density at radius 3 is 2.68 bits per heavy atom. The van der Waals surface area contributed by atoms with Crippen LogP contribution in [-0.4, -0.2) is 48.1 Å². The molecule has 7 heteroatoms. The summed E-state index contributed by atoms with van der Waals surface area (Å²) in [5.74, 6) is 0. The molecule has 0 aliphatic carbocycles. The number of nitro benzene ring substituents is 1. The summed E-state index contributed by atoms with van der Waals surface area (Å²) in [6.45, 7) is 4.52. The third-order valence-electron chi connectivity index (χ3n) is 3.22. The molecule has 0 saturated carbocycles. The maximum atomic E-state index is 10.8. The SMILES string of the molecule is CN1CCN(NCc2ccc(Cl)c([N+](=O)[O-])c2)CC1. The van der Waals surface area contributed by atoms with Crippen LogP contribution in [-0.2, 0) is 6.54 Å². The normalized spacial score (nSPS) is 17.6. The number of hydrazine groups is 1. The molecule has 0 radical (unpaired) electrons. The van der Waals surface area contributed by atoms with Gasteiger partial charge in [-0.1, -0.05) is 17.7 Å². The molecule has 1 N–H and O–H groups in total. The van der Waals surface area contributed by atoms with Gasteiger partial charge in [0, 0.05) is 38.8 Å². The first kappa shape index (κ1) is 14.2. The second-order valence-corrected chi connectivity index (χ2v) is 5.08. The average Bonchev–Trinajstić information content (AvgIpc) is 2.39. The van der Waals surface area contributed by atoms with E-state index in [1.54, 1.807) is 12.1 Å². The van der Waals surface area contributed by atoms with Gasteiger partial charge in [-0.25, -0.2) is 5.01 Å². The molecule has 1 aliphatic rings. The number of nitro groups is 1. The van der Waals surface area contributed by atoms with E-state index in [-0.39, 0.29) is 10.7 Å². The molecule has 1 saturated heterocycles. The van der Waals surface area contributed by atoms with Crippen molar-refractivity contribution >= 4 is 17.3 Å². The van der Waals surface area contributed by atoms with E-state index in [2.05, 4.69) is 22.4 Å². The molecule has 2 rings (SSSR count). The molecule has 1 heterocycles. The topological polar surface area (TPSA) is 61.6 Å². The molecular weight excluding hydrogens is 268 g/mol. The zero-order chi connectivity index (χ0) is 13.8. The zero-order valence-electron chi connectivity index (χ0n) is 10.8. The van der Waals surface area contributed by atoms with E-state index in [0.717, 1.165) is 31.7 Å². The van der Waals surface area contributed by atoms with Crippen LogP contribution < -0.4 is 5.43 Å². The molecule has 0 unspecified atom stereocenters.